The molecule has 0 spiro atoms. The summed E-state index contributed by atoms with van der Waals surface area (Å²) in [7, 11) is 0. The number of aliphatic hydroxyl groups is 1. The van der Waals surface area contributed by atoms with Crippen LogP contribution in [0.2, 0.25) is 10.0 Å². The Kier molecular flexibility index (Phi) is 6.74. The normalized spacial score (nSPS) is 21.2. The second kappa shape index (κ2) is 8.43. The molecule has 1 fully saturated rings. The molecule has 1 aromatic carbocycles. The van der Waals surface area contributed by atoms with Gasteiger partial charge >= 0.3 is 6.09 Å². The highest BCUT2D eigenvalue weighted by Gasteiger charge is 2.33. The first-order valence-electron chi connectivity index (χ1n) is 8.14. The zero-order valence-electron chi connectivity index (χ0n) is 14.5. The summed E-state index contributed by atoms with van der Waals surface area (Å²) in [5.74, 6) is -0.890. The van der Waals surface area contributed by atoms with Gasteiger partial charge in [-0.15, -0.1) is 0 Å². The van der Waals surface area contributed by atoms with Crippen LogP contribution in [0.25, 0.3) is 0 Å². The number of amides is 2. The molecule has 9 heteroatoms. The molecular weight excluding hydrogens is 383 g/mol. The van der Waals surface area contributed by atoms with Crippen molar-refractivity contribution in [1.29, 1.82) is 0 Å². The molecule has 2 rings (SSSR count). The average molecular weight is 405 g/mol. The molecule has 0 aromatic heterocycles. The lowest BCUT2D eigenvalue weighted by Crippen LogP contribution is -2.46. The molecule has 2 atom stereocenters. The molecule has 7 nitrogen and oxygen atoms in total. The van der Waals surface area contributed by atoms with Crippen LogP contribution in [-0.4, -0.2) is 65.1 Å². The van der Waals surface area contributed by atoms with Gasteiger partial charge in [0.25, 0.3) is 5.91 Å². The lowest BCUT2D eigenvalue weighted by molar-refractivity contribution is -0.137. The minimum Gasteiger partial charge on any atom is -0.465 e. The van der Waals surface area contributed by atoms with Gasteiger partial charge in [0.05, 0.1) is 22.8 Å². The predicted molar refractivity (Wildman–Crippen MR) is 97.8 cm³/mol. The minimum absolute atomic E-state index is 0.126. The molecular formula is C17H22Cl2N2O5. The van der Waals surface area contributed by atoms with Crippen molar-refractivity contribution in [3.8, 4) is 0 Å². The number of hydrogen-bond donors (Lipinski definition) is 3. The van der Waals surface area contributed by atoms with Gasteiger partial charge in [0.2, 0.25) is 0 Å². The Morgan fingerprint density at radius 2 is 2.04 bits per heavy atom. The summed E-state index contributed by atoms with van der Waals surface area (Å²) in [6.45, 7) is 3.52. The summed E-state index contributed by atoms with van der Waals surface area (Å²) >= 11 is 12.1. The first kappa shape index (κ1) is 20.8. The van der Waals surface area contributed by atoms with Crippen LogP contribution in [0, 0.1) is 0 Å². The lowest BCUT2D eigenvalue weighted by Gasteiger charge is -2.28. The van der Waals surface area contributed by atoms with Crippen LogP contribution < -0.4 is 5.32 Å². The van der Waals surface area contributed by atoms with E-state index in [9.17, 15) is 19.8 Å². The van der Waals surface area contributed by atoms with Gasteiger partial charge in [0.15, 0.2) is 0 Å². The summed E-state index contributed by atoms with van der Waals surface area (Å²) in [6, 6.07) is 5.08. The Labute approximate surface area is 161 Å². The second-order valence-corrected chi connectivity index (χ2v) is 7.50. The Bertz CT molecular complexity index is 678. The van der Waals surface area contributed by atoms with Gasteiger partial charge in [-0.2, -0.15) is 0 Å². The van der Waals surface area contributed by atoms with E-state index < -0.39 is 23.7 Å². The number of carboxylic acid groups (broad SMARTS) is 1. The van der Waals surface area contributed by atoms with Crippen LogP contribution in [0.15, 0.2) is 18.2 Å². The smallest absolute Gasteiger partial charge is 0.407 e. The molecule has 1 aliphatic heterocycles. The molecule has 2 amide bonds. The number of nitrogens with zero attached hydrogens (tertiary/aromatic N) is 1. The number of hydrogen-bond acceptors (Lipinski definition) is 4. The fraction of sp³-hybridized carbons (Fsp3) is 0.529. The van der Waals surface area contributed by atoms with Crippen molar-refractivity contribution in [2.24, 2.45) is 0 Å². The molecule has 1 aliphatic rings. The third-order valence-corrected chi connectivity index (χ3v) is 4.96. The number of ether oxygens (including phenoxy) is 1. The van der Waals surface area contributed by atoms with Crippen LogP contribution in [-0.2, 0) is 9.53 Å². The molecule has 3 N–H and O–H groups in total. The fourth-order valence-corrected chi connectivity index (χ4v) is 3.03. The van der Waals surface area contributed by atoms with Gasteiger partial charge in [0, 0.05) is 25.6 Å². The molecule has 1 heterocycles. The number of nitrogens with one attached hydrogen (secondary N) is 1. The number of rotatable bonds is 4. The zero-order chi connectivity index (χ0) is 19.5. The van der Waals surface area contributed by atoms with Crippen molar-refractivity contribution in [1.82, 2.24) is 10.2 Å². The quantitative estimate of drug-likeness (QED) is 0.714. The molecule has 1 saturated heterocycles. The van der Waals surface area contributed by atoms with E-state index in [1.54, 1.807) is 18.2 Å². The van der Waals surface area contributed by atoms with Gasteiger partial charge in [-0.1, -0.05) is 29.3 Å². The molecule has 26 heavy (non-hydrogen) atoms. The van der Waals surface area contributed by atoms with E-state index in [1.165, 1.54) is 18.7 Å². The first-order valence-corrected chi connectivity index (χ1v) is 8.90. The van der Waals surface area contributed by atoms with Gasteiger partial charge in [-0.25, -0.2) is 4.79 Å². The maximum atomic E-state index is 11.9. The van der Waals surface area contributed by atoms with Gasteiger partial charge in [0.1, 0.15) is 5.60 Å². The predicted octanol–water partition coefficient (Wildman–Crippen LogP) is 2.34. The topological polar surface area (TPSA) is 99.1 Å². The van der Waals surface area contributed by atoms with Crippen molar-refractivity contribution in [3.63, 3.8) is 0 Å². The van der Waals surface area contributed by atoms with Crippen molar-refractivity contribution in [3.05, 3.63) is 33.8 Å². The van der Waals surface area contributed by atoms with Crippen LogP contribution in [0.5, 0.6) is 0 Å². The summed E-state index contributed by atoms with van der Waals surface area (Å²) in [6.07, 6.45) is -1.53. The summed E-state index contributed by atoms with van der Waals surface area (Å²) < 4.78 is 5.81. The van der Waals surface area contributed by atoms with Crippen molar-refractivity contribution in [2.75, 3.05) is 26.2 Å². The Balaban J connectivity index is 2.25. The van der Waals surface area contributed by atoms with E-state index >= 15 is 0 Å². The average Bonchev–Trinajstić information content (AvgIpc) is 2.77. The number of carbonyl (C=O) groups is 2. The highest BCUT2D eigenvalue weighted by molar-refractivity contribution is 6.42. The largest absolute Gasteiger partial charge is 0.465 e. The van der Waals surface area contributed by atoms with E-state index in [0.717, 1.165) is 5.56 Å². The molecule has 0 aliphatic carbocycles. The first-order chi connectivity index (χ1) is 12.1. The standard InChI is InChI=1S/C17H22Cl2N2O5/c1-17(2,25)15(22)20-8-14-11(9-21(16(23)24)5-6-26-14)10-3-4-12(18)13(19)7-10/h3-4,7,11,14,25H,5-6,8-9H2,1-2H3,(H,20,22)(H,23,24)/t11-,14-/m1/s1. The molecule has 0 radical (unpaired) electrons. The Morgan fingerprint density at radius 3 is 2.62 bits per heavy atom. The molecule has 0 saturated carbocycles. The van der Waals surface area contributed by atoms with Gasteiger partial charge < -0.3 is 25.2 Å². The highest BCUT2D eigenvalue weighted by Crippen LogP contribution is 2.31. The summed E-state index contributed by atoms with van der Waals surface area (Å²) in [5, 5.41) is 22.5. The number of halogens is 2. The lowest BCUT2D eigenvalue weighted by atomic mass is 9.92. The molecule has 144 valence electrons. The van der Waals surface area contributed by atoms with E-state index in [0.29, 0.717) is 10.0 Å². The zero-order valence-corrected chi connectivity index (χ0v) is 16.0. The maximum Gasteiger partial charge on any atom is 0.407 e. The summed E-state index contributed by atoms with van der Waals surface area (Å²) in [5.41, 5.74) is -0.758. The van der Waals surface area contributed by atoms with Gasteiger partial charge in [-0.05, 0) is 31.5 Å². The Morgan fingerprint density at radius 1 is 1.35 bits per heavy atom. The Hall–Kier alpha value is -1.54. The fourth-order valence-electron chi connectivity index (χ4n) is 2.72. The summed E-state index contributed by atoms with van der Waals surface area (Å²) in [4.78, 5) is 24.6. The third kappa shape index (κ3) is 5.23. The van der Waals surface area contributed by atoms with E-state index in [-0.39, 0.29) is 32.2 Å². The molecule has 1 aromatic rings. The van der Waals surface area contributed by atoms with Crippen LogP contribution >= 0.6 is 23.2 Å². The third-order valence-electron chi connectivity index (χ3n) is 4.22. The number of benzene rings is 1. The van der Waals surface area contributed by atoms with E-state index in [2.05, 4.69) is 5.32 Å². The highest BCUT2D eigenvalue weighted by atomic mass is 35.5. The number of carbonyl (C=O) groups excluding carboxylic acids is 1. The molecule has 0 bridgehead atoms. The SMILES string of the molecule is CC(C)(O)C(=O)NC[C@H]1OCCN(C(=O)O)C[C@@H]1c1ccc(Cl)c(Cl)c1. The van der Waals surface area contributed by atoms with Crippen molar-refractivity contribution < 1.29 is 24.5 Å². The monoisotopic (exact) mass is 404 g/mol. The second-order valence-electron chi connectivity index (χ2n) is 6.69. The van der Waals surface area contributed by atoms with Crippen molar-refractivity contribution >= 4 is 35.2 Å². The van der Waals surface area contributed by atoms with E-state index in [4.69, 9.17) is 27.9 Å². The van der Waals surface area contributed by atoms with Crippen LogP contribution in [0.3, 0.4) is 0 Å². The van der Waals surface area contributed by atoms with Crippen LogP contribution in [0.4, 0.5) is 4.79 Å². The minimum atomic E-state index is -1.52. The van der Waals surface area contributed by atoms with Crippen LogP contribution in [0.1, 0.15) is 25.3 Å². The maximum absolute atomic E-state index is 11.9. The van der Waals surface area contributed by atoms with Crippen molar-refractivity contribution in [2.45, 2.75) is 31.5 Å². The molecule has 0 unspecified atom stereocenters. The van der Waals surface area contributed by atoms with Gasteiger partial charge in [-0.3, -0.25) is 4.79 Å². The van der Waals surface area contributed by atoms with E-state index in [1.807, 2.05) is 0 Å².